The molecule has 152 valence electrons. The summed E-state index contributed by atoms with van der Waals surface area (Å²) in [5.41, 5.74) is 2.51. The van der Waals surface area contributed by atoms with Crippen molar-refractivity contribution in [2.45, 2.75) is 6.92 Å². The lowest BCUT2D eigenvalue weighted by molar-refractivity contribution is -0.121. The first-order valence-electron chi connectivity index (χ1n) is 9.19. The van der Waals surface area contributed by atoms with Gasteiger partial charge in [0.15, 0.2) is 11.7 Å². The summed E-state index contributed by atoms with van der Waals surface area (Å²) in [5, 5.41) is 3.19. The van der Waals surface area contributed by atoms with Crippen molar-refractivity contribution in [3.8, 4) is 17.0 Å². The minimum absolute atomic E-state index is 0.00448. The number of fused-ring (bicyclic) bond motifs is 1. The molecule has 4 rings (SSSR count). The highest BCUT2D eigenvalue weighted by Gasteiger charge is 2.25. The van der Waals surface area contributed by atoms with Gasteiger partial charge in [-0.1, -0.05) is 6.08 Å². The summed E-state index contributed by atoms with van der Waals surface area (Å²) in [7, 11) is 0. The van der Waals surface area contributed by atoms with E-state index in [0.29, 0.717) is 34.4 Å². The molecular weight excluding hydrogens is 405 g/mol. The van der Waals surface area contributed by atoms with Crippen LogP contribution in [0, 0.1) is 12.7 Å². The van der Waals surface area contributed by atoms with Crippen LogP contribution in [0.2, 0.25) is 0 Å². The fraction of sp³-hybridized carbons (Fsp3) is 0.136. The third-order valence-electron chi connectivity index (χ3n) is 4.61. The van der Waals surface area contributed by atoms with Crippen molar-refractivity contribution in [3.05, 3.63) is 71.4 Å². The summed E-state index contributed by atoms with van der Waals surface area (Å²) in [6.45, 7) is 6.00. The molecule has 8 heteroatoms. The van der Waals surface area contributed by atoms with Gasteiger partial charge in [-0.3, -0.25) is 14.9 Å². The van der Waals surface area contributed by atoms with E-state index in [0.717, 1.165) is 10.4 Å². The summed E-state index contributed by atoms with van der Waals surface area (Å²) in [4.78, 5) is 31.7. The third-order valence-corrected chi connectivity index (χ3v) is 5.50. The van der Waals surface area contributed by atoms with Gasteiger partial charge in [-0.2, -0.15) is 0 Å². The zero-order chi connectivity index (χ0) is 21.3. The Labute approximate surface area is 176 Å². The number of nitrogens with one attached hydrogen (secondary N) is 1. The van der Waals surface area contributed by atoms with Crippen LogP contribution in [0.1, 0.15) is 15.2 Å². The molecule has 1 aromatic heterocycles. The number of aromatic nitrogens is 1. The van der Waals surface area contributed by atoms with Gasteiger partial charge < -0.3 is 9.64 Å². The van der Waals surface area contributed by atoms with Gasteiger partial charge in [0.2, 0.25) is 0 Å². The Morgan fingerprint density at radius 1 is 1.33 bits per heavy atom. The Morgan fingerprint density at radius 2 is 2.10 bits per heavy atom. The molecule has 1 N–H and O–H groups in total. The maximum Gasteiger partial charge on any atom is 0.265 e. The number of thiazole rings is 1. The number of aryl methyl sites for hydroxylation is 1. The quantitative estimate of drug-likeness (QED) is 0.617. The Balaban J connectivity index is 1.62. The van der Waals surface area contributed by atoms with Gasteiger partial charge in [-0.05, 0) is 49.4 Å². The molecule has 0 saturated carbocycles. The zero-order valence-corrected chi connectivity index (χ0v) is 17.0. The van der Waals surface area contributed by atoms with E-state index in [1.807, 2.05) is 25.1 Å². The lowest BCUT2D eigenvalue weighted by Crippen LogP contribution is -2.38. The predicted octanol–water partition coefficient (Wildman–Crippen LogP) is 4.42. The molecule has 0 unspecified atom stereocenters. The number of anilines is 2. The first kappa shape index (κ1) is 19.8. The van der Waals surface area contributed by atoms with Gasteiger partial charge in [-0.15, -0.1) is 17.9 Å². The molecule has 0 saturated heterocycles. The molecule has 30 heavy (non-hydrogen) atoms. The number of hydrogen-bond acceptors (Lipinski definition) is 5. The van der Waals surface area contributed by atoms with Crippen LogP contribution in [0.5, 0.6) is 5.75 Å². The number of rotatable bonds is 5. The van der Waals surface area contributed by atoms with E-state index in [-0.39, 0.29) is 18.4 Å². The molecule has 1 aliphatic rings. The van der Waals surface area contributed by atoms with Gasteiger partial charge in [0.05, 0.1) is 11.4 Å². The van der Waals surface area contributed by atoms with Gasteiger partial charge in [0, 0.05) is 22.5 Å². The third kappa shape index (κ3) is 3.81. The monoisotopic (exact) mass is 423 g/mol. The maximum atomic E-state index is 13.1. The van der Waals surface area contributed by atoms with Gasteiger partial charge >= 0.3 is 0 Å². The molecule has 2 heterocycles. The molecule has 3 aromatic rings. The molecule has 6 nitrogen and oxygen atoms in total. The Hall–Kier alpha value is -3.52. The molecule has 0 spiro atoms. The van der Waals surface area contributed by atoms with Gasteiger partial charge in [-0.25, -0.2) is 9.37 Å². The van der Waals surface area contributed by atoms with Crippen LogP contribution in [0.25, 0.3) is 11.3 Å². The first-order valence-corrected chi connectivity index (χ1v) is 10.0. The number of halogens is 1. The average molecular weight is 423 g/mol. The van der Waals surface area contributed by atoms with Crippen molar-refractivity contribution >= 4 is 34.0 Å². The topological polar surface area (TPSA) is 71.5 Å². The van der Waals surface area contributed by atoms with Crippen LogP contribution in [0.3, 0.4) is 0 Å². The zero-order valence-electron chi connectivity index (χ0n) is 16.1. The van der Waals surface area contributed by atoms with E-state index in [9.17, 15) is 14.0 Å². The highest BCUT2D eigenvalue weighted by atomic mass is 32.1. The van der Waals surface area contributed by atoms with Gasteiger partial charge in [0.25, 0.3) is 11.8 Å². The van der Waals surface area contributed by atoms with E-state index in [1.54, 1.807) is 11.0 Å². The Kier molecular flexibility index (Phi) is 5.33. The highest BCUT2D eigenvalue weighted by Crippen LogP contribution is 2.38. The van der Waals surface area contributed by atoms with Crippen molar-refractivity contribution in [3.63, 3.8) is 0 Å². The molecule has 0 atom stereocenters. The number of carbonyl (C=O) groups excluding carboxylic acids is 2. The van der Waals surface area contributed by atoms with Crippen molar-refractivity contribution in [1.82, 2.24) is 4.98 Å². The molecule has 0 bridgehead atoms. The second kappa shape index (κ2) is 8.08. The van der Waals surface area contributed by atoms with Crippen LogP contribution < -0.4 is 15.0 Å². The van der Waals surface area contributed by atoms with E-state index in [1.165, 1.54) is 35.6 Å². The van der Waals surface area contributed by atoms with E-state index >= 15 is 0 Å². The highest BCUT2D eigenvalue weighted by molar-refractivity contribution is 7.16. The van der Waals surface area contributed by atoms with Crippen LogP contribution in [0.4, 0.5) is 15.2 Å². The minimum atomic E-state index is -0.403. The Morgan fingerprint density at radius 3 is 2.83 bits per heavy atom. The maximum absolute atomic E-state index is 13.1. The summed E-state index contributed by atoms with van der Waals surface area (Å²) in [5.74, 6) is -0.282. The fourth-order valence-electron chi connectivity index (χ4n) is 3.17. The minimum Gasteiger partial charge on any atom is -0.482 e. The number of ether oxygens (including phenoxy) is 1. The van der Waals surface area contributed by atoms with Gasteiger partial charge in [0.1, 0.15) is 11.6 Å². The Bertz CT molecular complexity index is 1140. The van der Waals surface area contributed by atoms with Crippen molar-refractivity contribution in [2.75, 3.05) is 23.4 Å². The van der Waals surface area contributed by atoms with Crippen LogP contribution in [0.15, 0.2) is 55.1 Å². The first-order chi connectivity index (χ1) is 14.5. The van der Waals surface area contributed by atoms with Crippen molar-refractivity contribution < 1.29 is 18.7 Å². The summed E-state index contributed by atoms with van der Waals surface area (Å²) in [6.07, 6.45) is 1.66. The van der Waals surface area contributed by atoms with Crippen LogP contribution in [-0.4, -0.2) is 29.9 Å². The SMILES string of the molecule is C=CCN1C(=O)COc2ccc(-c3nc(NC(=O)c4ccc(F)cc4)sc3C)cc21. The number of benzene rings is 2. The van der Waals surface area contributed by atoms with Crippen LogP contribution >= 0.6 is 11.3 Å². The molecule has 0 radical (unpaired) electrons. The molecule has 1 aliphatic heterocycles. The van der Waals surface area contributed by atoms with E-state index in [4.69, 9.17) is 4.74 Å². The number of carbonyl (C=O) groups is 2. The largest absolute Gasteiger partial charge is 0.482 e. The second-order valence-electron chi connectivity index (χ2n) is 6.65. The lowest BCUT2D eigenvalue weighted by atomic mass is 10.1. The van der Waals surface area contributed by atoms with E-state index < -0.39 is 5.82 Å². The molecule has 0 aliphatic carbocycles. The number of amides is 2. The number of nitrogens with zero attached hydrogens (tertiary/aromatic N) is 2. The molecular formula is C22H18FN3O3S. The lowest BCUT2D eigenvalue weighted by Gasteiger charge is -2.28. The standard InChI is InChI=1S/C22H18FN3O3S/c1-3-10-26-17-11-15(6-9-18(17)29-12-19(26)27)20-13(2)30-22(24-20)25-21(28)14-4-7-16(23)8-5-14/h3-9,11H,1,10,12H2,2H3,(H,24,25,28). The fourth-order valence-corrected chi connectivity index (χ4v) is 4.00. The molecule has 2 amide bonds. The summed E-state index contributed by atoms with van der Waals surface area (Å²) < 4.78 is 18.6. The smallest absolute Gasteiger partial charge is 0.265 e. The average Bonchev–Trinajstić information content (AvgIpc) is 3.10. The van der Waals surface area contributed by atoms with E-state index in [2.05, 4.69) is 16.9 Å². The van der Waals surface area contributed by atoms with Crippen LogP contribution in [-0.2, 0) is 4.79 Å². The second-order valence-corrected chi connectivity index (χ2v) is 7.85. The number of hydrogen-bond donors (Lipinski definition) is 1. The molecule has 2 aromatic carbocycles. The molecule has 0 fully saturated rings. The van der Waals surface area contributed by atoms with Crippen molar-refractivity contribution in [2.24, 2.45) is 0 Å². The predicted molar refractivity (Wildman–Crippen MR) is 115 cm³/mol. The normalized spacial score (nSPS) is 12.9. The van der Waals surface area contributed by atoms with Crippen molar-refractivity contribution in [1.29, 1.82) is 0 Å². The summed E-state index contributed by atoms with van der Waals surface area (Å²) >= 11 is 1.34. The summed E-state index contributed by atoms with van der Waals surface area (Å²) in [6, 6.07) is 10.8.